The quantitative estimate of drug-likeness (QED) is 0.582. The standard InChI is InChI=1S/C15H23ClN4O3S/c1-9(2)7-10(17-15-18-12(8-16)19-24-15)13(21)20-6-4-5-11(20)14(22)23-3/h9-11H,4-8H2,1-3H3,(H,17,18,19)/t10?,11-/m0/s1. The zero-order valence-electron chi connectivity index (χ0n) is 14.1. The Kier molecular flexibility index (Phi) is 6.79. The highest BCUT2D eigenvalue weighted by atomic mass is 35.5. The predicted molar refractivity (Wildman–Crippen MR) is 93.1 cm³/mol. The van der Waals surface area contributed by atoms with Crippen molar-refractivity contribution in [1.29, 1.82) is 0 Å². The zero-order chi connectivity index (χ0) is 17.7. The summed E-state index contributed by atoms with van der Waals surface area (Å²) in [6.07, 6.45) is 2.08. The summed E-state index contributed by atoms with van der Waals surface area (Å²) >= 11 is 6.91. The number of carbonyl (C=O) groups excluding carboxylic acids is 2. The van der Waals surface area contributed by atoms with Gasteiger partial charge in [0.15, 0.2) is 5.82 Å². The smallest absolute Gasteiger partial charge is 0.328 e. The van der Waals surface area contributed by atoms with Crippen LogP contribution in [-0.4, -0.2) is 51.9 Å². The van der Waals surface area contributed by atoms with E-state index in [0.717, 1.165) is 6.42 Å². The van der Waals surface area contributed by atoms with Crippen LogP contribution < -0.4 is 5.32 Å². The number of likely N-dealkylation sites (tertiary alicyclic amines) is 1. The number of hydrogen-bond donors (Lipinski definition) is 1. The summed E-state index contributed by atoms with van der Waals surface area (Å²) in [5.41, 5.74) is 0. The molecule has 24 heavy (non-hydrogen) atoms. The lowest BCUT2D eigenvalue weighted by Crippen LogP contribution is -2.48. The van der Waals surface area contributed by atoms with E-state index in [1.54, 1.807) is 4.90 Å². The normalized spacial score (nSPS) is 18.7. The fourth-order valence-electron chi connectivity index (χ4n) is 2.82. The van der Waals surface area contributed by atoms with Crippen LogP contribution in [0.15, 0.2) is 0 Å². The third kappa shape index (κ3) is 4.57. The molecule has 0 aromatic carbocycles. The highest BCUT2D eigenvalue weighted by molar-refractivity contribution is 7.09. The molecular weight excluding hydrogens is 352 g/mol. The minimum atomic E-state index is -0.494. The number of hydrogen-bond acceptors (Lipinski definition) is 7. The van der Waals surface area contributed by atoms with E-state index >= 15 is 0 Å². The monoisotopic (exact) mass is 374 g/mol. The van der Waals surface area contributed by atoms with Crippen molar-refractivity contribution >= 4 is 40.1 Å². The maximum Gasteiger partial charge on any atom is 0.328 e. The topological polar surface area (TPSA) is 84.4 Å². The highest BCUT2D eigenvalue weighted by Gasteiger charge is 2.38. The molecule has 7 nitrogen and oxygen atoms in total. The SMILES string of the molecule is COC(=O)[C@@H]1CCCN1C(=O)C(CC(C)C)Nc1nc(CCl)ns1. The van der Waals surface area contributed by atoms with Crippen LogP contribution in [0.4, 0.5) is 5.13 Å². The van der Waals surface area contributed by atoms with Gasteiger partial charge in [0.05, 0.1) is 13.0 Å². The molecule has 9 heteroatoms. The van der Waals surface area contributed by atoms with Crippen LogP contribution >= 0.6 is 23.1 Å². The van der Waals surface area contributed by atoms with Gasteiger partial charge >= 0.3 is 5.97 Å². The molecule has 1 unspecified atom stereocenters. The van der Waals surface area contributed by atoms with Crippen LogP contribution in [0.5, 0.6) is 0 Å². The van der Waals surface area contributed by atoms with Crippen LogP contribution in [-0.2, 0) is 20.2 Å². The van der Waals surface area contributed by atoms with Gasteiger partial charge in [0, 0.05) is 18.1 Å². The molecule has 0 spiro atoms. The number of ether oxygens (including phenoxy) is 1. The molecule has 2 rings (SSSR count). The van der Waals surface area contributed by atoms with Crippen molar-refractivity contribution < 1.29 is 14.3 Å². The van der Waals surface area contributed by atoms with Crippen molar-refractivity contribution in [2.75, 3.05) is 19.0 Å². The van der Waals surface area contributed by atoms with Gasteiger partial charge in [-0.15, -0.1) is 11.6 Å². The molecule has 0 aliphatic carbocycles. The van der Waals surface area contributed by atoms with Gasteiger partial charge in [-0.25, -0.2) is 9.78 Å². The molecule has 1 aromatic heterocycles. The Hall–Kier alpha value is -1.41. The number of anilines is 1. The van der Waals surface area contributed by atoms with Crippen LogP contribution in [0.25, 0.3) is 0 Å². The number of halogens is 1. The lowest BCUT2D eigenvalue weighted by molar-refractivity contribution is -0.151. The van der Waals surface area contributed by atoms with Crippen LogP contribution in [0.1, 0.15) is 38.9 Å². The molecule has 1 saturated heterocycles. The number of nitrogens with zero attached hydrogens (tertiary/aromatic N) is 3. The lowest BCUT2D eigenvalue weighted by Gasteiger charge is -2.28. The third-order valence-corrected chi connectivity index (χ3v) is 4.82. The largest absolute Gasteiger partial charge is 0.467 e. The fourth-order valence-corrected chi connectivity index (χ4v) is 3.65. The summed E-state index contributed by atoms with van der Waals surface area (Å²) in [6, 6.07) is -0.946. The molecule has 0 radical (unpaired) electrons. The van der Waals surface area contributed by atoms with E-state index in [0.29, 0.717) is 36.3 Å². The van der Waals surface area contributed by atoms with Crippen molar-refractivity contribution in [2.24, 2.45) is 5.92 Å². The van der Waals surface area contributed by atoms with Gasteiger partial charge in [0.1, 0.15) is 12.1 Å². The highest BCUT2D eigenvalue weighted by Crippen LogP contribution is 2.23. The summed E-state index contributed by atoms with van der Waals surface area (Å²) in [5.74, 6) is 0.626. The van der Waals surface area contributed by atoms with E-state index in [1.165, 1.54) is 18.6 Å². The van der Waals surface area contributed by atoms with Crippen molar-refractivity contribution in [3.63, 3.8) is 0 Å². The van der Waals surface area contributed by atoms with Crippen molar-refractivity contribution in [1.82, 2.24) is 14.3 Å². The second-order valence-electron chi connectivity index (χ2n) is 6.19. The number of carbonyl (C=O) groups is 2. The average molecular weight is 375 g/mol. The van der Waals surface area contributed by atoms with E-state index in [9.17, 15) is 9.59 Å². The Morgan fingerprint density at radius 2 is 2.25 bits per heavy atom. The molecule has 1 aliphatic heterocycles. The predicted octanol–water partition coefficient (Wildman–Crippen LogP) is 2.27. The number of methoxy groups -OCH3 is 1. The summed E-state index contributed by atoms with van der Waals surface area (Å²) in [5, 5.41) is 3.73. The second-order valence-corrected chi connectivity index (χ2v) is 7.21. The Bertz CT molecular complexity index is 581. The maximum absolute atomic E-state index is 13.0. The number of nitrogens with one attached hydrogen (secondary N) is 1. The average Bonchev–Trinajstić information content (AvgIpc) is 3.21. The Morgan fingerprint density at radius 3 is 2.83 bits per heavy atom. The van der Waals surface area contributed by atoms with Crippen LogP contribution in [0.3, 0.4) is 0 Å². The Labute approximate surface area is 150 Å². The van der Waals surface area contributed by atoms with E-state index in [4.69, 9.17) is 16.3 Å². The van der Waals surface area contributed by atoms with E-state index in [1.807, 2.05) is 13.8 Å². The second kappa shape index (κ2) is 8.62. The molecule has 1 fully saturated rings. The van der Waals surface area contributed by atoms with Gasteiger partial charge in [0.2, 0.25) is 11.0 Å². The van der Waals surface area contributed by atoms with E-state index in [2.05, 4.69) is 14.7 Å². The number of amides is 1. The fraction of sp³-hybridized carbons (Fsp3) is 0.733. The molecular formula is C15H23ClN4O3S. The first-order chi connectivity index (χ1) is 11.5. The molecule has 0 saturated carbocycles. The Morgan fingerprint density at radius 1 is 1.50 bits per heavy atom. The summed E-state index contributed by atoms with van der Waals surface area (Å²) in [4.78, 5) is 30.8. The number of rotatable bonds is 7. The molecule has 134 valence electrons. The number of aromatic nitrogens is 2. The first kappa shape index (κ1) is 18.9. The lowest BCUT2D eigenvalue weighted by atomic mass is 10.0. The van der Waals surface area contributed by atoms with Gasteiger partial charge in [-0.05, 0) is 25.2 Å². The molecule has 1 aliphatic rings. The van der Waals surface area contributed by atoms with Gasteiger partial charge in [-0.2, -0.15) is 4.37 Å². The summed E-state index contributed by atoms with van der Waals surface area (Å²) in [7, 11) is 1.35. The zero-order valence-corrected chi connectivity index (χ0v) is 15.7. The van der Waals surface area contributed by atoms with Crippen molar-refractivity contribution in [3.05, 3.63) is 5.82 Å². The third-order valence-electron chi connectivity index (χ3n) is 3.90. The number of esters is 1. The summed E-state index contributed by atoms with van der Waals surface area (Å²) < 4.78 is 8.94. The van der Waals surface area contributed by atoms with Crippen LogP contribution in [0.2, 0.25) is 0 Å². The van der Waals surface area contributed by atoms with Gasteiger partial charge in [-0.1, -0.05) is 13.8 Å². The molecule has 1 amide bonds. The maximum atomic E-state index is 13.0. The summed E-state index contributed by atoms with van der Waals surface area (Å²) in [6.45, 7) is 4.67. The molecule has 2 heterocycles. The molecule has 0 bridgehead atoms. The van der Waals surface area contributed by atoms with Crippen molar-refractivity contribution in [3.8, 4) is 0 Å². The van der Waals surface area contributed by atoms with Gasteiger partial charge < -0.3 is 15.0 Å². The van der Waals surface area contributed by atoms with E-state index < -0.39 is 12.1 Å². The molecule has 1 aromatic rings. The first-order valence-electron chi connectivity index (χ1n) is 7.99. The Balaban J connectivity index is 2.13. The van der Waals surface area contributed by atoms with Gasteiger partial charge in [-0.3, -0.25) is 4.79 Å². The van der Waals surface area contributed by atoms with Gasteiger partial charge in [0.25, 0.3) is 0 Å². The minimum Gasteiger partial charge on any atom is -0.467 e. The van der Waals surface area contributed by atoms with Crippen LogP contribution in [0, 0.1) is 5.92 Å². The molecule has 2 atom stereocenters. The minimum absolute atomic E-state index is 0.0979. The number of alkyl halides is 1. The molecule has 1 N–H and O–H groups in total. The first-order valence-corrected chi connectivity index (χ1v) is 9.30. The van der Waals surface area contributed by atoms with E-state index in [-0.39, 0.29) is 17.8 Å². The van der Waals surface area contributed by atoms with Crippen molar-refractivity contribution in [2.45, 2.75) is 51.1 Å².